The standard InChI is InChI=1S/C22H27FN2O3/c1-17(26)25(15-12-18-7-9-20(23)10-8-18)16-13-22(27)24-14-11-19-5-3-4-6-21(19)28-2/h3-10H,11-16H2,1-2H3,(H,24,27). The van der Waals surface area contributed by atoms with E-state index in [2.05, 4.69) is 5.32 Å². The fourth-order valence-electron chi connectivity index (χ4n) is 2.91. The highest BCUT2D eigenvalue weighted by Crippen LogP contribution is 2.17. The van der Waals surface area contributed by atoms with Crippen molar-refractivity contribution in [3.63, 3.8) is 0 Å². The molecule has 0 aliphatic rings. The van der Waals surface area contributed by atoms with Crippen LogP contribution in [-0.2, 0) is 22.4 Å². The van der Waals surface area contributed by atoms with Crippen LogP contribution in [0.25, 0.3) is 0 Å². The summed E-state index contributed by atoms with van der Waals surface area (Å²) in [4.78, 5) is 25.6. The van der Waals surface area contributed by atoms with E-state index >= 15 is 0 Å². The molecule has 0 heterocycles. The molecule has 0 saturated heterocycles. The average Bonchev–Trinajstić information content (AvgIpc) is 2.69. The first-order valence-electron chi connectivity index (χ1n) is 9.38. The molecule has 0 atom stereocenters. The predicted molar refractivity (Wildman–Crippen MR) is 107 cm³/mol. The van der Waals surface area contributed by atoms with Crippen LogP contribution in [0, 0.1) is 5.82 Å². The lowest BCUT2D eigenvalue weighted by molar-refractivity contribution is -0.129. The summed E-state index contributed by atoms with van der Waals surface area (Å²) < 4.78 is 18.3. The molecule has 0 unspecified atom stereocenters. The Morgan fingerprint density at radius 2 is 1.75 bits per heavy atom. The Bertz CT molecular complexity index is 778. The van der Waals surface area contributed by atoms with Crippen LogP contribution in [0.5, 0.6) is 5.75 Å². The topological polar surface area (TPSA) is 58.6 Å². The van der Waals surface area contributed by atoms with Gasteiger partial charge in [-0.25, -0.2) is 4.39 Å². The summed E-state index contributed by atoms with van der Waals surface area (Å²) in [7, 11) is 1.62. The summed E-state index contributed by atoms with van der Waals surface area (Å²) >= 11 is 0. The number of nitrogens with one attached hydrogen (secondary N) is 1. The highest BCUT2D eigenvalue weighted by Gasteiger charge is 2.11. The quantitative estimate of drug-likeness (QED) is 0.683. The van der Waals surface area contributed by atoms with Gasteiger partial charge in [0.2, 0.25) is 11.8 Å². The van der Waals surface area contributed by atoms with Gasteiger partial charge in [0, 0.05) is 33.0 Å². The van der Waals surface area contributed by atoms with Gasteiger partial charge >= 0.3 is 0 Å². The highest BCUT2D eigenvalue weighted by molar-refractivity contribution is 5.78. The van der Waals surface area contributed by atoms with Gasteiger partial charge in [-0.05, 0) is 42.2 Å². The van der Waals surface area contributed by atoms with Crippen LogP contribution >= 0.6 is 0 Å². The molecule has 0 aliphatic carbocycles. The summed E-state index contributed by atoms with van der Waals surface area (Å²) in [6, 6.07) is 13.9. The van der Waals surface area contributed by atoms with E-state index in [0.29, 0.717) is 32.5 Å². The molecule has 0 aliphatic heterocycles. The maximum atomic E-state index is 13.0. The van der Waals surface area contributed by atoms with Gasteiger partial charge in [-0.1, -0.05) is 30.3 Å². The van der Waals surface area contributed by atoms with Crippen LogP contribution in [-0.4, -0.2) is 43.5 Å². The average molecular weight is 386 g/mol. The number of nitrogens with zero attached hydrogens (tertiary/aromatic N) is 1. The van der Waals surface area contributed by atoms with E-state index in [1.165, 1.54) is 19.1 Å². The summed E-state index contributed by atoms with van der Waals surface area (Å²) in [5.41, 5.74) is 1.99. The molecule has 0 saturated carbocycles. The number of hydrogen-bond donors (Lipinski definition) is 1. The first-order valence-corrected chi connectivity index (χ1v) is 9.38. The number of carbonyl (C=O) groups excluding carboxylic acids is 2. The minimum atomic E-state index is -0.281. The summed E-state index contributed by atoms with van der Waals surface area (Å²) in [5.74, 6) is 0.351. The van der Waals surface area contributed by atoms with E-state index in [4.69, 9.17) is 4.74 Å². The second kappa shape index (κ2) is 11.1. The number of para-hydroxylation sites is 1. The lowest BCUT2D eigenvalue weighted by Crippen LogP contribution is -2.35. The van der Waals surface area contributed by atoms with Crippen molar-refractivity contribution in [1.82, 2.24) is 10.2 Å². The summed E-state index contributed by atoms with van der Waals surface area (Å²) in [5, 5.41) is 2.88. The fraction of sp³-hybridized carbons (Fsp3) is 0.364. The van der Waals surface area contributed by atoms with Gasteiger partial charge in [0.05, 0.1) is 7.11 Å². The van der Waals surface area contributed by atoms with E-state index in [1.807, 2.05) is 24.3 Å². The number of halogens is 1. The molecule has 6 heteroatoms. The molecular formula is C22H27FN2O3. The molecule has 1 N–H and O–H groups in total. The third-order valence-corrected chi connectivity index (χ3v) is 4.55. The first kappa shape index (κ1) is 21.4. The summed E-state index contributed by atoms with van der Waals surface area (Å²) in [6.07, 6.45) is 1.54. The number of methoxy groups -OCH3 is 1. The molecule has 2 aromatic carbocycles. The van der Waals surface area contributed by atoms with Crippen LogP contribution in [0.4, 0.5) is 4.39 Å². The largest absolute Gasteiger partial charge is 0.496 e. The van der Waals surface area contributed by atoms with E-state index in [9.17, 15) is 14.0 Å². The second-order valence-electron chi connectivity index (χ2n) is 6.54. The molecular weight excluding hydrogens is 359 g/mol. The van der Waals surface area contributed by atoms with Gasteiger partial charge in [-0.2, -0.15) is 0 Å². The van der Waals surface area contributed by atoms with Crippen LogP contribution in [0.3, 0.4) is 0 Å². The van der Waals surface area contributed by atoms with E-state index in [1.54, 1.807) is 24.1 Å². The number of hydrogen-bond acceptors (Lipinski definition) is 3. The van der Waals surface area contributed by atoms with Crippen molar-refractivity contribution in [1.29, 1.82) is 0 Å². The van der Waals surface area contributed by atoms with Gasteiger partial charge in [-0.3, -0.25) is 9.59 Å². The van der Waals surface area contributed by atoms with Crippen LogP contribution < -0.4 is 10.1 Å². The summed E-state index contributed by atoms with van der Waals surface area (Å²) in [6.45, 7) is 2.85. The predicted octanol–water partition coefficient (Wildman–Crippen LogP) is 2.97. The number of ether oxygens (including phenoxy) is 1. The number of benzene rings is 2. The van der Waals surface area contributed by atoms with E-state index in [-0.39, 0.29) is 24.1 Å². The lowest BCUT2D eigenvalue weighted by atomic mass is 10.1. The monoisotopic (exact) mass is 386 g/mol. The molecule has 0 aromatic heterocycles. The molecule has 0 fully saturated rings. The molecule has 0 bridgehead atoms. The molecule has 2 rings (SSSR count). The molecule has 0 spiro atoms. The van der Waals surface area contributed by atoms with Crippen molar-refractivity contribution in [2.75, 3.05) is 26.7 Å². The van der Waals surface area contributed by atoms with Gasteiger partial charge in [0.25, 0.3) is 0 Å². The Labute approximate surface area is 165 Å². The number of amides is 2. The zero-order valence-electron chi connectivity index (χ0n) is 16.4. The van der Waals surface area contributed by atoms with Crippen LogP contribution in [0.1, 0.15) is 24.5 Å². The first-order chi connectivity index (χ1) is 13.5. The fourth-order valence-corrected chi connectivity index (χ4v) is 2.91. The maximum absolute atomic E-state index is 13.0. The number of carbonyl (C=O) groups is 2. The van der Waals surface area contributed by atoms with Crippen LogP contribution in [0.15, 0.2) is 48.5 Å². The highest BCUT2D eigenvalue weighted by atomic mass is 19.1. The normalized spacial score (nSPS) is 10.4. The Kier molecular flexibility index (Phi) is 8.46. The lowest BCUT2D eigenvalue weighted by Gasteiger charge is -2.21. The van der Waals surface area contributed by atoms with Gasteiger partial charge in [0.1, 0.15) is 11.6 Å². The smallest absolute Gasteiger partial charge is 0.221 e. The molecule has 2 aromatic rings. The zero-order valence-corrected chi connectivity index (χ0v) is 16.4. The van der Waals surface area contributed by atoms with E-state index in [0.717, 1.165) is 16.9 Å². The minimum Gasteiger partial charge on any atom is -0.496 e. The Balaban J connectivity index is 1.73. The second-order valence-corrected chi connectivity index (χ2v) is 6.54. The van der Waals surface area contributed by atoms with Crippen molar-refractivity contribution < 1.29 is 18.7 Å². The molecule has 5 nitrogen and oxygen atoms in total. The van der Waals surface area contributed by atoms with Gasteiger partial charge < -0.3 is 15.0 Å². The van der Waals surface area contributed by atoms with Crippen molar-refractivity contribution in [3.05, 3.63) is 65.5 Å². The SMILES string of the molecule is COc1ccccc1CCNC(=O)CCN(CCc1ccc(F)cc1)C(C)=O. The van der Waals surface area contributed by atoms with Gasteiger partial charge in [0.15, 0.2) is 0 Å². The molecule has 28 heavy (non-hydrogen) atoms. The molecule has 0 radical (unpaired) electrons. The Morgan fingerprint density at radius 3 is 2.43 bits per heavy atom. The van der Waals surface area contributed by atoms with Crippen molar-refractivity contribution >= 4 is 11.8 Å². The van der Waals surface area contributed by atoms with Crippen molar-refractivity contribution in [2.45, 2.75) is 26.2 Å². The minimum absolute atomic E-state index is 0.0797. The Morgan fingerprint density at radius 1 is 1.04 bits per heavy atom. The van der Waals surface area contributed by atoms with E-state index < -0.39 is 0 Å². The molecule has 2 amide bonds. The van der Waals surface area contributed by atoms with Crippen molar-refractivity contribution in [2.24, 2.45) is 0 Å². The third kappa shape index (κ3) is 7.02. The van der Waals surface area contributed by atoms with Gasteiger partial charge in [-0.15, -0.1) is 0 Å². The molecule has 150 valence electrons. The third-order valence-electron chi connectivity index (χ3n) is 4.55. The number of rotatable bonds is 10. The maximum Gasteiger partial charge on any atom is 0.221 e. The zero-order chi connectivity index (χ0) is 20.4. The Hall–Kier alpha value is -2.89. The van der Waals surface area contributed by atoms with Crippen molar-refractivity contribution in [3.8, 4) is 5.75 Å². The van der Waals surface area contributed by atoms with Crippen LogP contribution in [0.2, 0.25) is 0 Å².